The number of anilines is 1. The first kappa shape index (κ1) is 20.9. The second-order valence-electron chi connectivity index (χ2n) is 6.74. The summed E-state index contributed by atoms with van der Waals surface area (Å²) >= 11 is 0. The van der Waals surface area contributed by atoms with Gasteiger partial charge in [-0.2, -0.15) is 0 Å². The van der Waals surface area contributed by atoms with Crippen molar-refractivity contribution in [2.75, 3.05) is 18.4 Å². The molecule has 0 aliphatic heterocycles. The number of carbonyl (C=O) groups excluding carboxylic acids is 2. The molecule has 3 rings (SSSR count). The van der Waals surface area contributed by atoms with Gasteiger partial charge in [-0.15, -0.1) is 12.4 Å². The first-order valence-corrected chi connectivity index (χ1v) is 9.10. The van der Waals surface area contributed by atoms with Gasteiger partial charge in [0.25, 0.3) is 0 Å². The first-order valence-electron chi connectivity index (χ1n) is 9.10. The van der Waals surface area contributed by atoms with Crippen LogP contribution in [0.1, 0.15) is 18.4 Å². The number of para-hydroxylation sites is 1. The summed E-state index contributed by atoms with van der Waals surface area (Å²) in [7, 11) is 0. The quantitative estimate of drug-likeness (QED) is 0.619. The van der Waals surface area contributed by atoms with Crippen molar-refractivity contribution in [1.29, 1.82) is 0 Å². The maximum atomic E-state index is 12.7. The number of hydrogen-bond donors (Lipinski definition) is 3. The molecule has 1 fully saturated rings. The van der Waals surface area contributed by atoms with E-state index in [0.717, 1.165) is 17.8 Å². The third-order valence-electron chi connectivity index (χ3n) is 4.39. The molecule has 144 valence electrons. The van der Waals surface area contributed by atoms with Crippen molar-refractivity contribution in [1.82, 2.24) is 10.6 Å². The average molecular weight is 388 g/mol. The second-order valence-corrected chi connectivity index (χ2v) is 6.74. The molecular formula is C21H26ClN3O2. The van der Waals surface area contributed by atoms with E-state index in [1.165, 1.54) is 12.8 Å². The van der Waals surface area contributed by atoms with E-state index in [1.54, 1.807) is 0 Å². The maximum Gasteiger partial charge on any atom is 0.247 e. The van der Waals surface area contributed by atoms with E-state index >= 15 is 0 Å². The Kier molecular flexibility index (Phi) is 8.30. The second kappa shape index (κ2) is 10.7. The van der Waals surface area contributed by atoms with E-state index in [4.69, 9.17) is 0 Å². The van der Waals surface area contributed by atoms with E-state index in [1.807, 2.05) is 60.7 Å². The van der Waals surface area contributed by atoms with Gasteiger partial charge in [0.05, 0.1) is 6.54 Å². The molecular weight excluding hydrogens is 362 g/mol. The summed E-state index contributed by atoms with van der Waals surface area (Å²) in [6, 6.07) is 18.4. The number of nitrogens with one attached hydrogen (secondary N) is 3. The van der Waals surface area contributed by atoms with E-state index in [0.29, 0.717) is 12.3 Å². The molecule has 3 N–H and O–H groups in total. The minimum atomic E-state index is -0.618. The van der Waals surface area contributed by atoms with Gasteiger partial charge in [-0.1, -0.05) is 48.5 Å². The van der Waals surface area contributed by atoms with Gasteiger partial charge in [-0.25, -0.2) is 0 Å². The van der Waals surface area contributed by atoms with E-state index in [9.17, 15) is 9.59 Å². The lowest BCUT2D eigenvalue weighted by molar-refractivity contribution is -0.125. The lowest BCUT2D eigenvalue weighted by Gasteiger charge is -2.19. The Labute approximate surface area is 166 Å². The monoisotopic (exact) mass is 387 g/mol. The largest absolute Gasteiger partial charge is 0.343 e. The summed E-state index contributed by atoms with van der Waals surface area (Å²) in [6.07, 6.45) is 2.93. The molecule has 5 nitrogen and oxygen atoms in total. The number of hydrogen-bond acceptors (Lipinski definition) is 3. The number of carbonyl (C=O) groups is 2. The number of rotatable bonds is 9. The fourth-order valence-corrected chi connectivity index (χ4v) is 2.77. The van der Waals surface area contributed by atoms with Crippen LogP contribution in [0.2, 0.25) is 0 Å². The van der Waals surface area contributed by atoms with Crippen molar-refractivity contribution in [3.63, 3.8) is 0 Å². The van der Waals surface area contributed by atoms with E-state index in [2.05, 4.69) is 16.0 Å². The molecule has 1 atom stereocenters. The molecule has 1 aliphatic rings. The van der Waals surface area contributed by atoms with Gasteiger partial charge in [-0.05, 0) is 43.0 Å². The Bertz CT molecular complexity index is 721. The Balaban J connectivity index is 0.00000261. The molecule has 0 aromatic heterocycles. The fourth-order valence-electron chi connectivity index (χ4n) is 2.77. The third kappa shape index (κ3) is 7.41. The lowest BCUT2D eigenvalue weighted by Crippen LogP contribution is -2.48. The molecule has 27 heavy (non-hydrogen) atoms. The molecule has 1 aliphatic carbocycles. The van der Waals surface area contributed by atoms with Crippen LogP contribution in [-0.2, 0) is 16.0 Å². The normalized spacial score (nSPS) is 13.9. The van der Waals surface area contributed by atoms with Crippen LogP contribution in [0.25, 0.3) is 0 Å². The molecule has 0 heterocycles. The molecule has 2 aromatic carbocycles. The summed E-state index contributed by atoms with van der Waals surface area (Å²) < 4.78 is 0. The third-order valence-corrected chi connectivity index (χ3v) is 4.39. The van der Waals surface area contributed by atoms with Gasteiger partial charge >= 0.3 is 0 Å². The van der Waals surface area contributed by atoms with E-state index < -0.39 is 6.04 Å². The van der Waals surface area contributed by atoms with Crippen LogP contribution in [0.3, 0.4) is 0 Å². The Morgan fingerprint density at radius 3 is 2.22 bits per heavy atom. The molecule has 2 aromatic rings. The molecule has 0 radical (unpaired) electrons. The summed E-state index contributed by atoms with van der Waals surface area (Å²) in [4.78, 5) is 24.9. The zero-order valence-electron chi connectivity index (χ0n) is 15.2. The van der Waals surface area contributed by atoms with Crippen LogP contribution in [0.4, 0.5) is 5.69 Å². The summed E-state index contributed by atoms with van der Waals surface area (Å²) in [6.45, 7) is 1.10. The fraction of sp³-hybridized carbons (Fsp3) is 0.333. The summed E-state index contributed by atoms with van der Waals surface area (Å²) in [5.74, 6) is 0.342. The summed E-state index contributed by atoms with van der Waals surface area (Å²) in [5, 5.41) is 8.91. The van der Waals surface area contributed by atoms with Crippen LogP contribution in [0.15, 0.2) is 60.7 Å². The highest BCUT2D eigenvalue weighted by Gasteiger charge is 2.23. The van der Waals surface area contributed by atoms with Crippen molar-refractivity contribution >= 4 is 29.9 Å². The highest BCUT2D eigenvalue weighted by Crippen LogP contribution is 2.27. The predicted molar refractivity (Wildman–Crippen MR) is 110 cm³/mol. The van der Waals surface area contributed by atoms with Gasteiger partial charge in [0.1, 0.15) is 6.04 Å². The number of benzene rings is 2. The molecule has 1 unspecified atom stereocenters. The van der Waals surface area contributed by atoms with Crippen molar-refractivity contribution in [2.45, 2.75) is 25.3 Å². The minimum absolute atomic E-state index is 0. The zero-order chi connectivity index (χ0) is 18.2. The van der Waals surface area contributed by atoms with Gasteiger partial charge in [0.15, 0.2) is 0 Å². The van der Waals surface area contributed by atoms with Gasteiger partial charge < -0.3 is 16.0 Å². The van der Waals surface area contributed by atoms with Crippen LogP contribution < -0.4 is 16.0 Å². The van der Waals surface area contributed by atoms with Crippen molar-refractivity contribution in [3.05, 3.63) is 66.2 Å². The van der Waals surface area contributed by atoms with Gasteiger partial charge in [0, 0.05) is 12.1 Å². The smallest absolute Gasteiger partial charge is 0.247 e. The van der Waals surface area contributed by atoms with Crippen LogP contribution in [0.5, 0.6) is 0 Å². The van der Waals surface area contributed by atoms with Crippen LogP contribution in [0, 0.1) is 5.92 Å². The molecule has 6 heteroatoms. The average Bonchev–Trinajstić information content (AvgIpc) is 3.47. The number of amides is 2. The minimum Gasteiger partial charge on any atom is -0.343 e. The first-order chi connectivity index (χ1) is 12.7. The van der Waals surface area contributed by atoms with Crippen molar-refractivity contribution < 1.29 is 9.59 Å². The Hall–Kier alpha value is -2.37. The Morgan fingerprint density at radius 1 is 0.963 bits per heavy atom. The van der Waals surface area contributed by atoms with Gasteiger partial charge in [0.2, 0.25) is 11.8 Å². The van der Waals surface area contributed by atoms with Crippen LogP contribution in [-0.4, -0.2) is 30.9 Å². The zero-order valence-corrected chi connectivity index (χ0v) is 16.0. The van der Waals surface area contributed by atoms with E-state index in [-0.39, 0.29) is 30.8 Å². The van der Waals surface area contributed by atoms with Crippen LogP contribution >= 0.6 is 12.4 Å². The van der Waals surface area contributed by atoms with Gasteiger partial charge in [-0.3, -0.25) is 9.59 Å². The highest BCUT2D eigenvalue weighted by molar-refractivity contribution is 5.97. The highest BCUT2D eigenvalue weighted by atomic mass is 35.5. The van der Waals surface area contributed by atoms with Crippen molar-refractivity contribution in [2.24, 2.45) is 5.92 Å². The molecule has 0 saturated heterocycles. The maximum absolute atomic E-state index is 12.7. The topological polar surface area (TPSA) is 70.2 Å². The molecule has 0 spiro atoms. The molecule has 0 bridgehead atoms. The lowest BCUT2D eigenvalue weighted by atomic mass is 10.0. The Morgan fingerprint density at radius 2 is 1.59 bits per heavy atom. The molecule has 2 amide bonds. The molecule has 1 saturated carbocycles. The predicted octanol–water partition coefficient (Wildman–Crippen LogP) is 2.77. The standard InChI is InChI=1S/C21H25N3O2.ClH/c25-20(15-22-14-17-11-12-17)24-19(13-16-7-3-1-4-8-16)21(26)23-18-9-5-2-6-10-18;/h1-10,17,19,22H,11-15H2,(H,23,26)(H,24,25);1H. The number of halogens is 1. The van der Waals surface area contributed by atoms with Crippen molar-refractivity contribution in [3.8, 4) is 0 Å². The summed E-state index contributed by atoms with van der Waals surface area (Å²) in [5.41, 5.74) is 1.73. The SMILES string of the molecule is Cl.O=C(CNCC1CC1)NC(Cc1ccccc1)C(=O)Nc1ccccc1.